The molecular formula is C13H17N3O5. The maximum absolute atomic E-state index is 12.4. The number of likely N-dealkylation sites (tertiary alicyclic amines) is 1. The van der Waals surface area contributed by atoms with Crippen molar-refractivity contribution in [2.45, 2.75) is 19.8 Å². The Morgan fingerprint density at radius 3 is 2.38 bits per heavy atom. The number of carboxylic acids is 1. The first-order valence-electron chi connectivity index (χ1n) is 6.58. The summed E-state index contributed by atoms with van der Waals surface area (Å²) in [6, 6.07) is 1.24. The summed E-state index contributed by atoms with van der Waals surface area (Å²) >= 11 is 0. The Morgan fingerprint density at radius 1 is 1.38 bits per heavy atom. The van der Waals surface area contributed by atoms with E-state index in [9.17, 15) is 19.7 Å². The highest BCUT2D eigenvalue weighted by Gasteiger charge is 2.38. The van der Waals surface area contributed by atoms with Crippen LogP contribution in [0.25, 0.3) is 0 Å². The summed E-state index contributed by atoms with van der Waals surface area (Å²) < 4.78 is 1.42. The molecule has 114 valence electrons. The third-order valence-electron chi connectivity index (χ3n) is 4.09. The van der Waals surface area contributed by atoms with E-state index in [1.807, 2.05) is 0 Å². The van der Waals surface area contributed by atoms with Gasteiger partial charge in [0.1, 0.15) is 5.69 Å². The number of hydrogen-bond acceptors (Lipinski definition) is 4. The second kappa shape index (κ2) is 5.19. The molecule has 0 saturated carbocycles. The van der Waals surface area contributed by atoms with Crippen LogP contribution in [0.3, 0.4) is 0 Å². The molecule has 0 spiro atoms. The van der Waals surface area contributed by atoms with E-state index in [0.717, 1.165) is 0 Å². The Morgan fingerprint density at radius 2 is 1.95 bits per heavy atom. The Bertz CT molecular complexity index is 599. The van der Waals surface area contributed by atoms with Crippen molar-refractivity contribution < 1.29 is 19.6 Å². The zero-order chi connectivity index (χ0) is 15.8. The van der Waals surface area contributed by atoms with Crippen LogP contribution in [0.5, 0.6) is 0 Å². The molecule has 0 radical (unpaired) electrons. The Balaban J connectivity index is 2.12. The minimum Gasteiger partial charge on any atom is -0.481 e. The molecule has 1 aromatic heterocycles. The van der Waals surface area contributed by atoms with Crippen molar-refractivity contribution in [3.63, 3.8) is 0 Å². The highest BCUT2D eigenvalue weighted by atomic mass is 16.6. The second-order valence-corrected chi connectivity index (χ2v) is 5.61. The lowest BCUT2D eigenvalue weighted by atomic mass is 9.80. The van der Waals surface area contributed by atoms with Crippen LogP contribution in [0, 0.1) is 15.5 Å². The van der Waals surface area contributed by atoms with Crippen LogP contribution >= 0.6 is 0 Å². The molecule has 0 aliphatic carbocycles. The zero-order valence-electron chi connectivity index (χ0n) is 11.9. The van der Waals surface area contributed by atoms with Crippen LogP contribution in [-0.4, -0.2) is 44.5 Å². The molecule has 1 aliphatic rings. The lowest BCUT2D eigenvalue weighted by Gasteiger charge is -2.36. The van der Waals surface area contributed by atoms with Crippen LogP contribution in [0.15, 0.2) is 12.3 Å². The van der Waals surface area contributed by atoms with Gasteiger partial charge in [0.15, 0.2) is 0 Å². The minimum absolute atomic E-state index is 0.131. The first kappa shape index (κ1) is 15.0. The lowest BCUT2D eigenvalue weighted by Crippen LogP contribution is -2.45. The summed E-state index contributed by atoms with van der Waals surface area (Å²) in [5.41, 5.74) is -0.703. The quantitative estimate of drug-likeness (QED) is 0.667. The van der Waals surface area contributed by atoms with E-state index in [1.165, 1.54) is 16.8 Å². The van der Waals surface area contributed by atoms with Gasteiger partial charge < -0.3 is 14.6 Å². The average molecular weight is 295 g/mol. The van der Waals surface area contributed by atoms with Gasteiger partial charge in [0.25, 0.3) is 11.6 Å². The van der Waals surface area contributed by atoms with E-state index in [2.05, 4.69) is 0 Å². The lowest BCUT2D eigenvalue weighted by molar-refractivity contribution is -0.384. The number of rotatable bonds is 3. The van der Waals surface area contributed by atoms with Gasteiger partial charge in [0, 0.05) is 26.2 Å². The Hall–Kier alpha value is -2.38. The molecule has 1 aliphatic heterocycles. The molecule has 8 heteroatoms. The summed E-state index contributed by atoms with van der Waals surface area (Å²) in [6.07, 6.45) is 2.04. The van der Waals surface area contributed by atoms with Crippen LogP contribution < -0.4 is 0 Å². The third kappa shape index (κ3) is 2.74. The SMILES string of the molecule is Cn1cc([N+](=O)[O-])cc1C(=O)N1CCC(C)(C(=O)O)CC1. The van der Waals surface area contributed by atoms with E-state index >= 15 is 0 Å². The van der Waals surface area contributed by atoms with E-state index < -0.39 is 16.3 Å². The number of carbonyl (C=O) groups is 2. The van der Waals surface area contributed by atoms with Gasteiger partial charge in [-0.3, -0.25) is 19.7 Å². The third-order valence-corrected chi connectivity index (χ3v) is 4.09. The predicted octanol–water partition coefficient (Wildman–Crippen LogP) is 1.26. The van der Waals surface area contributed by atoms with Gasteiger partial charge in [0.2, 0.25) is 0 Å². The number of nitrogens with zero attached hydrogens (tertiary/aromatic N) is 3. The summed E-state index contributed by atoms with van der Waals surface area (Å²) in [4.78, 5) is 35.3. The normalized spacial score (nSPS) is 17.5. The average Bonchev–Trinajstić information content (AvgIpc) is 2.81. The van der Waals surface area contributed by atoms with Crippen LogP contribution in [0.1, 0.15) is 30.3 Å². The summed E-state index contributed by atoms with van der Waals surface area (Å²) in [6.45, 7) is 2.34. The highest BCUT2D eigenvalue weighted by molar-refractivity contribution is 5.93. The van der Waals surface area contributed by atoms with Crippen molar-refractivity contribution in [1.82, 2.24) is 9.47 Å². The molecule has 1 saturated heterocycles. The van der Waals surface area contributed by atoms with Crippen molar-refractivity contribution in [3.05, 3.63) is 28.1 Å². The van der Waals surface area contributed by atoms with Gasteiger partial charge in [-0.15, -0.1) is 0 Å². The predicted molar refractivity (Wildman–Crippen MR) is 72.9 cm³/mol. The molecular weight excluding hydrogens is 278 g/mol. The summed E-state index contributed by atoms with van der Waals surface area (Å²) in [5, 5.41) is 19.9. The molecule has 0 bridgehead atoms. The number of amides is 1. The fourth-order valence-corrected chi connectivity index (χ4v) is 2.44. The van der Waals surface area contributed by atoms with E-state index in [-0.39, 0.29) is 17.3 Å². The van der Waals surface area contributed by atoms with Crippen molar-refractivity contribution in [2.24, 2.45) is 12.5 Å². The second-order valence-electron chi connectivity index (χ2n) is 5.61. The zero-order valence-corrected chi connectivity index (χ0v) is 11.9. The molecule has 8 nitrogen and oxygen atoms in total. The highest BCUT2D eigenvalue weighted by Crippen LogP contribution is 2.31. The maximum atomic E-state index is 12.4. The fourth-order valence-electron chi connectivity index (χ4n) is 2.44. The Labute approximate surface area is 121 Å². The molecule has 1 amide bonds. The van der Waals surface area contributed by atoms with Gasteiger partial charge >= 0.3 is 5.97 Å². The molecule has 1 N–H and O–H groups in total. The number of nitro groups is 1. The van der Waals surface area contributed by atoms with E-state index in [4.69, 9.17) is 5.11 Å². The fraction of sp³-hybridized carbons (Fsp3) is 0.538. The standard InChI is InChI=1S/C13H17N3O5/c1-13(12(18)19)3-5-15(6-4-13)11(17)10-7-9(16(20)21)8-14(10)2/h7-8H,3-6H2,1-2H3,(H,18,19). The first-order chi connectivity index (χ1) is 9.74. The smallest absolute Gasteiger partial charge is 0.309 e. The van der Waals surface area contributed by atoms with Crippen molar-refractivity contribution in [1.29, 1.82) is 0 Å². The summed E-state index contributed by atoms with van der Waals surface area (Å²) in [5.74, 6) is -1.16. The minimum atomic E-state index is -0.857. The Kier molecular flexibility index (Phi) is 3.71. The number of aryl methyl sites for hydroxylation is 1. The van der Waals surface area contributed by atoms with Gasteiger partial charge in [-0.25, -0.2) is 0 Å². The number of piperidine rings is 1. The van der Waals surface area contributed by atoms with Crippen molar-refractivity contribution >= 4 is 17.6 Å². The molecule has 1 fully saturated rings. The van der Waals surface area contributed by atoms with E-state index in [1.54, 1.807) is 18.9 Å². The molecule has 0 unspecified atom stereocenters. The molecule has 0 aromatic carbocycles. The largest absolute Gasteiger partial charge is 0.481 e. The monoisotopic (exact) mass is 295 g/mol. The number of hydrogen-bond donors (Lipinski definition) is 1. The number of carbonyl (C=O) groups excluding carboxylic acids is 1. The molecule has 2 heterocycles. The van der Waals surface area contributed by atoms with Crippen LogP contribution in [-0.2, 0) is 11.8 Å². The number of aliphatic carboxylic acids is 1. The maximum Gasteiger partial charge on any atom is 0.309 e. The molecule has 0 atom stereocenters. The van der Waals surface area contributed by atoms with E-state index in [0.29, 0.717) is 25.9 Å². The van der Waals surface area contributed by atoms with Crippen molar-refractivity contribution in [3.8, 4) is 0 Å². The van der Waals surface area contributed by atoms with Gasteiger partial charge in [-0.2, -0.15) is 0 Å². The van der Waals surface area contributed by atoms with Crippen LogP contribution in [0.2, 0.25) is 0 Å². The summed E-state index contributed by atoms with van der Waals surface area (Å²) in [7, 11) is 1.57. The molecule has 1 aromatic rings. The first-order valence-corrected chi connectivity index (χ1v) is 6.58. The topological polar surface area (TPSA) is 106 Å². The van der Waals surface area contributed by atoms with Gasteiger partial charge in [0.05, 0.1) is 16.5 Å². The van der Waals surface area contributed by atoms with Gasteiger partial charge in [-0.05, 0) is 19.8 Å². The van der Waals surface area contributed by atoms with Gasteiger partial charge in [-0.1, -0.05) is 0 Å². The van der Waals surface area contributed by atoms with Crippen molar-refractivity contribution in [2.75, 3.05) is 13.1 Å². The number of aromatic nitrogens is 1. The molecule has 2 rings (SSSR count). The van der Waals surface area contributed by atoms with Crippen LogP contribution in [0.4, 0.5) is 5.69 Å². The molecule has 21 heavy (non-hydrogen) atoms. The number of carboxylic acid groups (broad SMARTS) is 1.